The Hall–Kier alpha value is -1.40. The lowest BCUT2D eigenvalue weighted by atomic mass is 10.2. The first-order valence-electron chi connectivity index (χ1n) is 7.50. The predicted molar refractivity (Wildman–Crippen MR) is 86.5 cm³/mol. The number of anilines is 1. The second kappa shape index (κ2) is 6.38. The van der Waals surface area contributed by atoms with E-state index in [9.17, 15) is 9.59 Å². The van der Waals surface area contributed by atoms with Crippen LogP contribution in [0.3, 0.4) is 0 Å². The van der Waals surface area contributed by atoms with Gasteiger partial charge in [-0.25, -0.2) is 0 Å². The molecule has 2 atom stereocenters. The van der Waals surface area contributed by atoms with Crippen molar-refractivity contribution in [1.82, 2.24) is 4.90 Å². The highest BCUT2D eigenvalue weighted by atomic mass is 79.9. The van der Waals surface area contributed by atoms with Crippen LogP contribution in [0.5, 0.6) is 0 Å². The van der Waals surface area contributed by atoms with Gasteiger partial charge >= 0.3 is 0 Å². The highest BCUT2D eigenvalue weighted by Gasteiger charge is 2.49. The Morgan fingerprint density at radius 1 is 1.27 bits per heavy atom. The van der Waals surface area contributed by atoms with Crippen LogP contribution in [0.2, 0.25) is 0 Å². The summed E-state index contributed by atoms with van der Waals surface area (Å²) < 4.78 is 6.21. The van der Waals surface area contributed by atoms with Crippen LogP contribution in [-0.4, -0.2) is 43.0 Å². The molecule has 5 nitrogen and oxygen atoms in total. The summed E-state index contributed by atoms with van der Waals surface area (Å²) in [5.74, 6) is -0.335. The first kappa shape index (κ1) is 15.5. The zero-order valence-electron chi connectivity index (χ0n) is 12.5. The zero-order chi connectivity index (χ0) is 15.7. The van der Waals surface area contributed by atoms with E-state index in [0.717, 1.165) is 15.7 Å². The van der Waals surface area contributed by atoms with E-state index < -0.39 is 0 Å². The molecule has 1 aromatic rings. The molecule has 1 aliphatic heterocycles. The normalized spacial score (nSPS) is 24.0. The van der Waals surface area contributed by atoms with Crippen molar-refractivity contribution in [3.63, 3.8) is 0 Å². The second-order valence-corrected chi connectivity index (χ2v) is 6.69. The number of ether oxygens (including phenoxy) is 1. The Morgan fingerprint density at radius 2 is 2.00 bits per heavy atom. The van der Waals surface area contributed by atoms with Crippen molar-refractivity contribution in [2.75, 3.05) is 31.6 Å². The molecule has 2 amide bonds. The Morgan fingerprint density at radius 3 is 2.68 bits per heavy atom. The average Bonchev–Trinajstić information content (AvgIpc) is 3.32. The molecule has 0 aromatic heterocycles. The summed E-state index contributed by atoms with van der Waals surface area (Å²) >= 11 is 3.45. The molecule has 1 N–H and O–H groups in total. The molecule has 3 rings (SSSR count). The number of nitrogens with zero attached hydrogens (tertiary/aromatic N) is 1. The topological polar surface area (TPSA) is 58.6 Å². The second-order valence-electron chi connectivity index (χ2n) is 5.84. The van der Waals surface area contributed by atoms with Crippen LogP contribution < -0.4 is 5.32 Å². The number of amides is 2. The first-order chi connectivity index (χ1) is 10.6. The van der Waals surface area contributed by atoms with Crippen molar-refractivity contribution in [2.24, 2.45) is 11.8 Å². The third-order valence-electron chi connectivity index (χ3n) is 4.21. The van der Waals surface area contributed by atoms with E-state index in [1.807, 2.05) is 30.0 Å². The maximum atomic E-state index is 12.3. The number of rotatable bonds is 3. The molecule has 0 radical (unpaired) electrons. The van der Waals surface area contributed by atoms with Crippen molar-refractivity contribution in [3.8, 4) is 0 Å². The summed E-state index contributed by atoms with van der Waals surface area (Å²) in [6.07, 6.45) is 0.648. The quantitative estimate of drug-likeness (QED) is 0.891. The lowest BCUT2D eigenvalue weighted by Gasteiger charge is -2.27. The number of halogens is 1. The van der Waals surface area contributed by atoms with Crippen LogP contribution in [-0.2, 0) is 14.3 Å². The summed E-state index contributed by atoms with van der Waals surface area (Å²) in [7, 11) is 0. The number of benzene rings is 1. The minimum atomic E-state index is -0.199. The Balaban J connectivity index is 1.55. The lowest BCUT2D eigenvalue weighted by molar-refractivity contribution is -0.137. The molecule has 2 aliphatic rings. The van der Waals surface area contributed by atoms with Gasteiger partial charge in [0, 0.05) is 23.2 Å². The number of carbonyl (C=O) groups excluding carboxylic acids is 2. The third-order valence-corrected chi connectivity index (χ3v) is 5.06. The van der Waals surface area contributed by atoms with Crippen molar-refractivity contribution < 1.29 is 14.3 Å². The van der Waals surface area contributed by atoms with Gasteiger partial charge in [-0.05, 0) is 31.0 Å². The van der Waals surface area contributed by atoms with Gasteiger partial charge in [-0.2, -0.15) is 0 Å². The Labute approximate surface area is 138 Å². The lowest BCUT2D eigenvalue weighted by Crippen LogP contribution is -2.42. The largest absolute Gasteiger partial charge is 0.378 e. The van der Waals surface area contributed by atoms with E-state index >= 15 is 0 Å². The number of hydrogen-bond acceptors (Lipinski definition) is 3. The van der Waals surface area contributed by atoms with Crippen LogP contribution in [0.25, 0.3) is 0 Å². The number of nitrogens with one attached hydrogen (secondary N) is 1. The van der Waals surface area contributed by atoms with Gasteiger partial charge in [-0.3, -0.25) is 9.59 Å². The van der Waals surface area contributed by atoms with Gasteiger partial charge < -0.3 is 15.0 Å². The summed E-state index contributed by atoms with van der Waals surface area (Å²) in [4.78, 5) is 26.4. The number of carbonyl (C=O) groups is 2. The molecule has 1 saturated carbocycles. The Kier molecular flexibility index (Phi) is 4.49. The number of hydrogen-bond donors (Lipinski definition) is 1. The molecule has 1 aliphatic carbocycles. The van der Waals surface area contributed by atoms with Crippen molar-refractivity contribution >= 4 is 33.4 Å². The predicted octanol–water partition coefficient (Wildman–Crippen LogP) is 2.19. The van der Waals surface area contributed by atoms with E-state index in [2.05, 4.69) is 21.2 Å². The van der Waals surface area contributed by atoms with Gasteiger partial charge in [0.25, 0.3) is 0 Å². The molecule has 0 spiro atoms. The van der Waals surface area contributed by atoms with Crippen molar-refractivity contribution in [2.45, 2.75) is 13.3 Å². The minimum absolute atomic E-state index is 0.0673. The summed E-state index contributed by atoms with van der Waals surface area (Å²) in [6.45, 7) is 4.44. The van der Waals surface area contributed by atoms with Gasteiger partial charge in [0.05, 0.1) is 25.0 Å². The van der Waals surface area contributed by atoms with E-state index in [0.29, 0.717) is 32.7 Å². The highest BCUT2D eigenvalue weighted by Crippen LogP contribution is 2.41. The third kappa shape index (κ3) is 3.33. The first-order valence-corrected chi connectivity index (χ1v) is 8.29. The van der Waals surface area contributed by atoms with E-state index in [4.69, 9.17) is 4.74 Å². The monoisotopic (exact) mass is 366 g/mol. The van der Waals surface area contributed by atoms with Crippen LogP contribution >= 0.6 is 15.9 Å². The van der Waals surface area contributed by atoms with Gasteiger partial charge in [-0.15, -0.1) is 0 Å². The van der Waals surface area contributed by atoms with Crippen molar-refractivity contribution in [3.05, 3.63) is 28.2 Å². The smallest absolute Gasteiger partial charge is 0.228 e. The fourth-order valence-electron chi connectivity index (χ4n) is 2.68. The molecule has 118 valence electrons. The molecule has 1 heterocycles. The van der Waals surface area contributed by atoms with E-state index in [1.165, 1.54) is 0 Å². The maximum Gasteiger partial charge on any atom is 0.228 e. The molecule has 2 unspecified atom stereocenters. The van der Waals surface area contributed by atoms with Crippen LogP contribution in [0.1, 0.15) is 12.0 Å². The van der Waals surface area contributed by atoms with Crippen LogP contribution in [0.15, 0.2) is 22.7 Å². The molecular weight excluding hydrogens is 348 g/mol. The summed E-state index contributed by atoms with van der Waals surface area (Å²) in [6, 6.07) is 5.70. The van der Waals surface area contributed by atoms with Crippen LogP contribution in [0, 0.1) is 18.8 Å². The van der Waals surface area contributed by atoms with Gasteiger partial charge in [0.15, 0.2) is 0 Å². The standard InChI is InChI=1S/C16H19BrN2O3/c1-10-2-3-11(8-14(10)17)18-15(20)12-9-13(12)16(21)19-4-6-22-7-5-19/h2-3,8,12-13H,4-7,9H2,1H3,(H,18,20). The number of morpholine rings is 1. The van der Waals surface area contributed by atoms with Crippen molar-refractivity contribution in [1.29, 1.82) is 0 Å². The van der Waals surface area contributed by atoms with Gasteiger partial charge in [0.1, 0.15) is 0 Å². The average molecular weight is 367 g/mol. The van der Waals surface area contributed by atoms with Gasteiger partial charge in [-0.1, -0.05) is 22.0 Å². The fourth-order valence-corrected chi connectivity index (χ4v) is 3.06. The van der Waals surface area contributed by atoms with E-state index in [1.54, 1.807) is 0 Å². The summed E-state index contributed by atoms with van der Waals surface area (Å²) in [5.41, 5.74) is 1.87. The fraction of sp³-hybridized carbons (Fsp3) is 0.500. The molecule has 2 fully saturated rings. The Bertz CT molecular complexity index is 599. The van der Waals surface area contributed by atoms with E-state index in [-0.39, 0.29) is 23.7 Å². The molecule has 1 aromatic carbocycles. The summed E-state index contributed by atoms with van der Waals surface area (Å²) in [5, 5.41) is 2.90. The SMILES string of the molecule is Cc1ccc(NC(=O)C2CC2C(=O)N2CCOCC2)cc1Br. The zero-order valence-corrected chi connectivity index (χ0v) is 14.1. The molecule has 22 heavy (non-hydrogen) atoms. The molecule has 6 heteroatoms. The minimum Gasteiger partial charge on any atom is -0.378 e. The van der Waals surface area contributed by atoms with Gasteiger partial charge in [0.2, 0.25) is 11.8 Å². The van der Waals surface area contributed by atoms with Crippen LogP contribution in [0.4, 0.5) is 5.69 Å². The highest BCUT2D eigenvalue weighted by molar-refractivity contribution is 9.10. The maximum absolute atomic E-state index is 12.3. The molecule has 0 bridgehead atoms. The number of aryl methyl sites for hydroxylation is 1. The molecule has 1 saturated heterocycles. The molecular formula is C16H19BrN2O3.